The lowest BCUT2D eigenvalue weighted by Crippen LogP contribution is -2.54. The monoisotopic (exact) mass is 249 g/mol. The van der Waals surface area contributed by atoms with Crippen LogP contribution < -0.4 is 11.3 Å². The van der Waals surface area contributed by atoms with E-state index in [4.69, 9.17) is 5.84 Å². The van der Waals surface area contributed by atoms with Crippen molar-refractivity contribution >= 4 is 0 Å². The first-order valence-electron chi connectivity index (χ1n) is 6.72. The number of rotatable bonds is 6. The lowest BCUT2D eigenvalue weighted by Gasteiger charge is -2.45. The summed E-state index contributed by atoms with van der Waals surface area (Å²) in [5.41, 5.74) is 5.59. The van der Waals surface area contributed by atoms with Gasteiger partial charge in [0.1, 0.15) is 0 Å². The van der Waals surface area contributed by atoms with Gasteiger partial charge in [-0.25, -0.2) is 0 Å². The molecule has 0 radical (unpaired) electrons. The molecule has 0 fully saturated rings. The van der Waals surface area contributed by atoms with Crippen LogP contribution >= 0.6 is 0 Å². The average molecular weight is 249 g/mol. The molecule has 0 aliphatic heterocycles. The summed E-state index contributed by atoms with van der Waals surface area (Å²) in [5.74, 6) is 5.84. The van der Waals surface area contributed by atoms with Crippen molar-refractivity contribution in [3.63, 3.8) is 0 Å². The summed E-state index contributed by atoms with van der Waals surface area (Å²) in [7, 11) is 4.26. The summed E-state index contributed by atoms with van der Waals surface area (Å²) in [6, 6.07) is 8.77. The normalized spacial score (nSPS) is 13.9. The molecule has 1 atom stereocenters. The maximum Gasteiger partial charge on any atom is 0.0643 e. The summed E-state index contributed by atoms with van der Waals surface area (Å²) < 4.78 is 0. The van der Waals surface area contributed by atoms with Crippen molar-refractivity contribution in [2.75, 3.05) is 14.1 Å². The van der Waals surface area contributed by atoms with E-state index < -0.39 is 0 Å². The molecule has 0 aliphatic carbocycles. The number of nitrogens with one attached hydrogen (secondary N) is 1. The Morgan fingerprint density at radius 2 is 1.67 bits per heavy atom. The second-order valence-corrected chi connectivity index (χ2v) is 5.22. The predicted molar refractivity (Wildman–Crippen MR) is 78.2 cm³/mol. The Balaban J connectivity index is 3.17. The fraction of sp³-hybridized carbons (Fsp3) is 0.600. The van der Waals surface area contributed by atoms with Crippen molar-refractivity contribution < 1.29 is 0 Å². The molecule has 0 aromatic heterocycles. The van der Waals surface area contributed by atoms with Gasteiger partial charge in [-0.1, -0.05) is 43.7 Å². The van der Waals surface area contributed by atoms with Gasteiger partial charge in [-0.3, -0.25) is 11.3 Å². The van der Waals surface area contributed by atoms with Crippen LogP contribution in [-0.4, -0.2) is 24.5 Å². The van der Waals surface area contributed by atoms with Crippen LogP contribution in [0.4, 0.5) is 0 Å². The van der Waals surface area contributed by atoms with E-state index in [2.05, 4.69) is 69.5 Å². The van der Waals surface area contributed by atoms with Gasteiger partial charge in [0.2, 0.25) is 0 Å². The van der Waals surface area contributed by atoms with Crippen molar-refractivity contribution in [2.45, 2.75) is 45.2 Å². The van der Waals surface area contributed by atoms with E-state index in [-0.39, 0.29) is 11.6 Å². The number of hydrogen-bond acceptors (Lipinski definition) is 3. The van der Waals surface area contributed by atoms with E-state index in [0.29, 0.717) is 0 Å². The number of hydrogen-bond donors (Lipinski definition) is 2. The lowest BCUT2D eigenvalue weighted by atomic mass is 9.80. The smallest absolute Gasteiger partial charge is 0.0643 e. The molecule has 102 valence electrons. The third-order valence-electron chi connectivity index (χ3n) is 4.23. The molecule has 1 unspecified atom stereocenters. The van der Waals surface area contributed by atoms with Gasteiger partial charge in [0, 0.05) is 5.54 Å². The molecule has 0 spiro atoms. The Labute approximate surface area is 111 Å². The molecule has 3 heteroatoms. The Bertz CT molecular complexity index is 353. The summed E-state index contributed by atoms with van der Waals surface area (Å²) in [5, 5.41) is 0. The Morgan fingerprint density at radius 3 is 2.00 bits per heavy atom. The predicted octanol–water partition coefficient (Wildman–Crippen LogP) is 2.62. The molecule has 3 N–H and O–H groups in total. The van der Waals surface area contributed by atoms with Gasteiger partial charge in [-0.05, 0) is 39.4 Å². The Morgan fingerprint density at radius 1 is 1.17 bits per heavy atom. The first-order chi connectivity index (χ1) is 8.51. The number of nitrogens with zero attached hydrogens (tertiary/aromatic N) is 1. The van der Waals surface area contributed by atoms with Gasteiger partial charge in [0.05, 0.1) is 6.04 Å². The molecule has 1 aromatic rings. The van der Waals surface area contributed by atoms with E-state index in [1.165, 1.54) is 11.1 Å². The number of nitrogens with two attached hydrogens (primary N) is 1. The van der Waals surface area contributed by atoms with Crippen molar-refractivity contribution in [1.82, 2.24) is 10.3 Å². The largest absolute Gasteiger partial charge is 0.302 e. The minimum absolute atomic E-state index is 0.0456. The molecule has 3 nitrogen and oxygen atoms in total. The van der Waals surface area contributed by atoms with E-state index >= 15 is 0 Å². The van der Waals surface area contributed by atoms with E-state index in [0.717, 1.165) is 12.8 Å². The standard InChI is InChI=1S/C15H27N3/c1-6-15(7-2,18(4)5)14(17-16)13-10-8-12(3)9-11-13/h8-11,14,17H,6-7,16H2,1-5H3. The molecule has 1 rings (SSSR count). The quantitative estimate of drug-likeness (QED) is 0.601. The van der Waals surface area contributed by atoms with Gasteiger partial charge < -0.3 is 4.90 Å². The third-order valence-corrected chi connectivity index (χ3v) is 4.23. The fourth-order valence-electron chi connectivity index (χ4n) is 2.87. The minimum Gasteiger partial charge on any atom is -0.302 e. The Kier molecular flexibility index (Phi) is 5.32. The highest BCUT2D eigenvalue weighted by Gasteiger charge is 2.38. The molecule has 18 heavy (non-hydrogen) atoms. The molecule has 0 saturated carbocycles. The highest BCUT2D eigenvalue weighted by Crippen LogP contribution is 2.35. The van der Waals surface area contributed by atoms with Gasteiger partial charge in [-0.2, -0.15) is 0 Å². The summed E-state index contributed by atoms with van der Waals surface area (Å²) in [6.45, 7) is 6.55. The zero-order valence-electron chi connectivity index (χ0n) is 12.3. The second-order valence-electron chi connectivity index (χ2n) is 5.22. The fourth-order valence-corrected chi connectivity index (χ4v) is 2.87. The minimum atomic E-state index is 0.0456. The van der Waals surface area contributed by atoms with Crippen LogP contribution in [0.15, 0.2) is 24.3 Å². The van der Waals surface area contributed by atoms with Gasteiger partial charge in [-0.15, -0.1) is 0 Å². The molecule has 0 amide bonds. The van der Waals surface area contributed by atoms with Crippen molar-refractivity contribution in [3.05, 3.63) is 35.4 Å². The van der Waals surface area contributed by atoms with Gasteiger partial charge >= 0.3 is 0 Å². The van der Waals surface area contributed by atoms with Crippen LogP contribution in [-0.2, 0) is 0 Å². The third kappa shape index (κ3) is 2.74. The van der Waals surface area contributed by atoms with Crippen LogP contribution in [0.2, 0.25) is 0 Å². The van der Waals surface area contributed by atoms with Gasteiger partial charge in [0.25, 0.3) is 0 Å². The number of benzene rings is 1. The SMILES string of the molecule is CCC(CC)(C(NN)c1ccc(C)cc1)N(C)C. The van der Waals surface area contributed by atoms with Crippen molar-refractivity contribution in [2.24, 2.45) is 5.84 Å². The molecule has 0 heterocycles. The molecule has 0 aliphatic rings. The first-order valence-corrected chi connectivity index (χ1v) is 6.72. The lowest BCUT2D eigenvalue weighted by molar-refractivity contribution is 0.0882. The molecular weight excluding hydrogens is 222 g/mol. The van der Waals surface area contributed by atoms with Crippen molar-refractivity contribution in [3.8, 4) is 0 Å². The average Bonchev–Trinajstić information content (AvgIpc) is 2.37. The van der Waals surface area contributed by atoms with E-state index in [9.17, 15) is 0 Å². The summed E-state index contributed by atoms with van der Waals surface area (Å²) in [6.07, 6.45) is 2.11. The maximum atomic E-state index is 5.84. The first kappa shape index (κ1) is 15.2. The molecule has 0 bridgehead atoms. The van der Waals surface area contributed by atoms with E-state index in [1.54, 1.807) is 0 Å². The molecular formula is C15H27N3. The van der Waals surface area contributed by atoms with Crippen LogP contribution in [0.1, 0.15) is 43.9 Å². The molecule has 0 saturated heterocycles. The molecule has 1 aromatic carbocycles. The van der Waals surface area contributed by atoms with Crippen LogP contribution in [0.5, 0.6) is 0 Å². The van der Waals surface area contributed by atoms with Crippen molar-refractivity contribution in [1.29, 1.82) is 0 Å². The van der Waals surface area contributed by atoms with E-state index in [1.807, 2.05) is 0 Å². The number of hydrazine groups is 1. The van der Waals surface area contributed by atoms with Crippen LogP contribution in [0.25, 0.3) is 0 Å². The number of aryl methyl sites for hydroxylation is 1. The maximum absolute atomic E-state index is 5.84. The zero-order chi connectivity index (χ0) is 13.8. The van der Waals surface area contributed by atoms with Gasteiger partial charge in [0.15, 0.2) is 0 Å². The summed E-state index contributed by atoms with van der Waals surface area (Å²) >= 11 is 0. The summed E-state index contributed by atoms with van der Waals surface area (Å²) in [4.78, 5) is 2.29. The Hall–Kier alpha value is -0.900. The number of likely N-dealkylation sites (N-methyl/N-ethyl adjacent to an activating group) is 1. The zero-order valence-corrected chi connectivity index (χ0v) is 12.3. The van der Waals surface area contributed by atoms with Crippen LogP contribution in [0, 0.1) is 6.92 Å². The second kappa shape index (κ2) is 6.32. The highest BCUT2D eigenvalue weighted by atomic mass is 15.3. The topological polar surface area (TPSA) is 41.3 Å². The highest BCUT2D eigenvalue weighted by molar-refractivity contribution is 5.27. The van der Waals surface area contributed by atoms with Crippen LogP contribution in [0.3, 0.4) is 0 Å².